The van der Waals surface area contributed by atoms with E-state index in [0.717, 1.165) is 18.8 Å². The predicted molar refractivity (Wildman–Crippen MR) is 103 cm³/mol. The number of para-hydroxylation sites is 1. The van der Waals surface area contributed by atoms with Gasteiger partial charge in [0.25, 0.3) is 0 Å². The normalized spacial score (nSPS) is 16.3. The smallest absolute Gasteiger partial charge is 0.0726 e. The molecule has 25 heavy (non-hydrogen) atoms. The third-order valence-electron chi connectivity index (χ3n) is 5.10. The van der Waals surface area contributed by atoms with Gasteiger partial charge in [-0.25, -0.2) is 0 Å². The van der Waals surface area contributed by atoms with Crippen molar-refractivity contribution in [1.29, 1.82) is 0 Å². The maximum Gasteiger partial charge on any atom is 0.0726 e. The fraction of sp³-hybridized carbons (Fsp3) is 0.500. The zero-order valence-electron chi connectivity index (χ0n) is 15.6. The molecule has 134 valence electrons. The first-order chi connectivity index (χ1) is 12.1. The molecular weight excluding hydrogens is 310 g/mol. The van der Waals surface area contributed by atoms with Crippen molar-refractivity contribution in [3.8, 4) is 0 Å². The van der Waals surface area contributed by atoms with Gasteiger partial charge < -0.3 is 9.80 Å². The van der Waals surface area contributed by atoms with E-state index in [0.29, 0.717) is 6.04 Å². The Labute approximate surface area is 151 Å². The number of nitrogens with zero attached hydrogens (tertiary/aromatic N) is 5. The molecule has 5 nitrogen and oxygen atoms in total. The summed E-state index contributed by atoms with van der Waals surface area (Å²) >= 11 is 0. The van der Waals surface area contributed by atoms with Gasteiger partial charge in [0, 0.05) is 50.5 Å². The van der Waals surface area contributed by atoms with E-state index in [1.807, 2.05) is 6.20 Å². The molecule has 2 aromatic rings. The highest BCUT2D eigenvalue weighted by molar-refractivity contribution is 5.54. The predicted octanol–water partition coefficient (Wildman–Crippen LogP) is 2.64. The molecule has 1 aliphatic heterocycles. The van der Waals surface area contributed by atoms with E-state index in [1.165, 1.54) is 37.2 Å². The van der Waals surface area contributed by atoms with Gasteiger partial charge in [0.15, 0.2) is 0 Å². The number of rotatable bonds is 6. The Bertz CT molecular complexity index is 652. The van der Waals surface area contributed by atoms with E-state index < -0.39 is 0 Å². The second kappa shape index (κ2) is 8.41. The summed E-state index contributed by atoms with van der Waals surface area (Å²) in [6, 6.07) is 9.41. The number of aromatic nitrogens is 2. The van der Waals surface area contributed by atoms with E-state index in [-0.39, 0.29) is 0 Å². The minimum absolute atomic E-state index is 0.627. The standard InChI is InChI=1S/C20H29N5/c1-23-12-8-19(9-13-23)25(3)20-7-5-4-6-17(20)15-24(2)16-18-14-21-10-11-22-18/h4-7,10-11,14,19H,8-9,12-13,15-16H2,1-3H3. The molecule has 0 aliphatic carbocycles. The van der Waals surface area contributed by atoms with Crippen molar-refractivity contribution in [2.45, 2.75) is 32.0 Å². The Morgan fingerprint density at radius 2 is 1.84 bits per heavy atom. The molecule has 0 spiro atoms. The second-order valence-electron chi connectivity index (χ2n) is 7.14. The summed E-state index contributed by atoms with van der Waals surface area (Å²) in [5.41, 5.74) is 3.73. The van der Waals surface area contributed by atoms with Crippen LogP contribution in [0.4, 0.5) is 5.69 Å². The van der Waals surface area contributed by atoms with Crippen molar-refractivity contribution in [3.63, 3.8) is 0 Å². The van der Waals surface area contributed by atoms with Crippen LogP contribution in [-0.2, 0) is 13.1 Å². The van der Waals surface area contributed by atoms with Crippen molar-refractivity contribution in [2.75, 3.05) is 39.1 Å². The van der Waals surface area contributed by atoms with Crippen LogP contribution in [0.5, 0.6) is 0 Å². The van der Waals surface area contributed by atoms with Crippen LogP contribution in [0.3, 0.4) is 0 Å². The minimum Gasteiger partial charge on any atom is -0.371 e. The van der Waals surface area contributed by atoms with Gasteiger partial charge in [-0.15, -0.1) is 0 Å². The molecule has 1 fully saturated rings. The summed E-state index contributed by atoms with van der Waals surface area (Å²) in [5, 5.41) is 0. The monoisotopic (exact) mass is 339 g/mol. The largest absolute Gasteiger partial charge is 0.371 e. The van der Waals surface area contributed by atoms with E-state index in [4.69, 9.17) is 0 Å². The third kappa shape index (κ3) is 4.77. The molecule has 1 saturated heterocycles. The van der Waals surface area contributed by atoms with Crippen molar-refractivity contribution >= 4 is 5.69 Å². The van der Waals surface area contributed by atoms with Gasteiger partial charge in [-0.3, -0.25) is 14.9 Å². The fourth-order valence-corrected chi connectivity index (χ4v) is 3.60. The Morgan fingerprint density at radius 1 is 1.08 bits per heavy atom. The van der Waals surface area contributed by atoms with Gasteiger partial charge in [-0.2, -0.15) is 0 Å². The highest BCUT2D eigenvalue weighted by Crippen LogP contribution is 2.26. The molecular formula is C20H29N5. The number of benzene rings is 1. The Hall–Kier alpha value is -1.98. The molecule has 1 aromatic heterocycles. The highest BCUT2D eigenvalue weighted by Gasteiger charge is 2.22. The maximum absolute atomic E-state index is 4.38. The summed E-state index contributed by atoms with van der Waals surface area (Å²) in [6.45, 7) is 4.08. The van der Waals surface area contributed by atoms with Crippen LogP contribution in [0.1, 0.15) is 24.1 Å². The van der Waals surface area contributed by atoms with Gasteiger partial charge in [-0.05, 0) is 51.7 Å². The van der Waals surface area contributed by atoms with Crippen LogP contribution in [0.25, 0.3) is 0 Å². The van der Waals surface area contributed by atoms with Crippen molar-refractivity contribution < 1.29 is 0 Å². The summed E-state index contributed by atoms with van der Waals surface area (Å²) in [5.74, 6) is 0. The topological polar surface area (TPSA) is 35.5 Å². The van der Waals surface area contributed by atoms with Crippen LogP contribution >= 0.6 is 0 Å². The molecule has 0 atom stereocenters. The van der Waals surface area contributed by atoms with Crippen LogP contribution in [-0.4, -0.2) is 60.0 Å². The summed E-state index contributed by atoms with van der Waals surface area (Å²) < 4.78 is 0. The van der Waals surface area contributed by atoms with E-state index >= 15 is 0 Å². The van der Waals surface area contributed by atoms with Crippen LogP contribution in [0, 0.1) is 0 Å². The van der Waals surface area contributed by atoms with Gasteiger partial charge in [0.1, 0.15) is 0 Å². The average molecular weight is 339 g/mol. The van der Waals surface area contributed by atoms with E-state index in [1.54, 1.807) is 12.4 Å². The van der Waals surface area contributed by atoms with Crippen molar-refractivity contribution in [1.82, 2.24) is 19.8 Å². The first-order valence-corrected chi connectivity index (χ1v) is 9.06. The highest BCUT2D eigenvalue weighted by atomic mass is 15.2. The fourth-order valence-electron chi connectivity index (χ4n) is 3.60. The van der Waals surface area contributed by atoms with Gasteiger partial charge >= 0.3 is 0 Å². The minimum atomic E-state index is 0.627. The quantitative estimate of drug-likeness (QED) is 0.808. The number of piperidine rings is 1. The van der Waals surface area contributed by atoms with Gasteiger partial charge in [0.2, 0.25) is 0 Å². The molecule has 5 heteroatoms. The molecule has 0 amide bonds. The molecule has 0 bridgehead atoms. The molecule has 3 rings (SSSR count). The van der Waals surface area contributed by atoms with Crippen molar-refractivity contribution in [3.05, 3.63) is 54.1 Å². The lowest BCUT2D eigenvalue weighted by Gasteiger charge is -2.37. The number of hydrogen-bond acceptors (Lipinski definition) is 5. The number of hydrogen-bond donors (Lipinski definition) is 0. The number of anilines is 1. The van der Waals surface area contributed by atoms with Gasteiger partial charge in [-0.1, -0.05) is 18.2 Å². The average Bonchev–Trinajstić information content (AvgIpc) is 2.63. The van der Waals surface area contributed by atoms with Crippen LogP contribution in [0.15, 0.2) is 42.9 Å². The second-order valence-corrected chi connectivity index (χ2v) is 7.14. The Morgan fingerprint density at radius 3 is 2.56 bits per heavy atom. The zero-order chi connectivity index (χ0) is 17.6. The van der Waals surface area contributed by atoms with Gasteiger partial charge in [0.05, 0.1) is 5.69 Å². The van der Waals surface area contributed by atoms with Crippen LogP contribution < -0.4 is 4.90 Å². The van der Waals surface area contributed by atoms with Crippen molar-refractivity contribution in [2.24, 2.45) is 0 Å². The lowest BCUT2D eigenvalue weighted by molar-refractivity contribution is 0.252. The Balaban J connectivity index is 1.68. The lowest BCUT2D eigenvalue weighted by atomic mass is 10.0. The molecule has 0 N–H and O–H groups in total. The molecule has 1 aromatic carbocycles. The molecule has 0 saturated carbocycles. The zero-order valence-corrected chi connectivity index (χ0v) is 15.6. The third-order valence-corrected chi connectivity index (χ3v) is 5.10. The Kier molecular flexibility index (Phi) is 6.00. The van der Waals surface area contributed by atoms with Crippen LogP contribution in [0.2, 0.25) is 0 Å². The summed E-state index contributed by atoms with van der Waals surface area (Å²) in [7, 11) is 6.60. The first-order valence-electron chi connectivity index (χ1n) is 9.06. The molecule has 2 heterocycles. The van der Waals surface area contributed by atoms with E-state index in [2.05, 4.69) is 70.1 Å². The first kappa shape index (κ1) is 17.8. The maximum atomic E-state index is 4.38. The summed E-state index contributed by atoms with van der Waals surface area (Å²) in [6.07, 6.45) is 7.78. The summed E-state index contributed by atoms with van der Waals surface area (Å²) in [4.78, 5) is 15.7. The molecule has 0 radical (unpaired) electrons. The molecule has 0 unspecified atom stereocenters. The number of likely N-dealkylation sites (tertiary alicyclic amines) is 1. The lowest BCUT2D eigenvalue weighted by Crippen LogP contribution is -2.42. The van der Waals surface area contributed by atoms with E-state index in [9.17, 15) is 0 Å². The SMILES string of the molecule is CN1CCC(N(C)c2ccccc2CN(C)Cc2cnccn2)CC1. The molecule has 1 aliphatic rings.